The molecule has 0 bridgehead atoms. The van der Waals surface area contributed by atoms with Gasteiger partial charge in [-0.05, 0) is 48.2 Å². The van der Waals surface area contributed by atoms with Gasteiger partial charge in [0.2, 0.25) is 0 Å². The molecule has 0 unspecified atom stereocenters. The second kappa shape index (κ2) is 11.4. The van der Waals surface area contributed by atoms with Crippen molar-refractivity contribution in [2.24, 2.45) is 10.8 Å². The molecule has 1 radical (unpaired) electrons. The Hall–Kier alpha value is -2.29. The zero-order valence-corrected chi connectivity index (χ0v) is 24.6. The van der Waals surface area contributed by atoms with Crippen LogP contribution in [0.15, 0.2) is 48.2 Å². The van der Waals surface area contributed by atoms with Gasteiger partial charge in [-0.1, -0.05) is 67.5 Å². The van der Waals surface area contributed by atoms with Gasteiger partial charge in [0, 0.05) is 37.0 Å². The summed E-state index contributed by atoms with van der Waals surface area (Å²) in [5.41, 5.74) is 7.35. The fourth-order valence-corrected chi connectivity index (χ4v) is 3.13. The molecule has 4 heteroatoms. The smallest absolute Gasteiger partial charge is 0.164 e. The standard InChI is InChI=1S/C19H18N.C11H20O2.Ir/c1-12-7-13(2)9-17(8-12)18-6-5-16-10-14(3)15(4)11-19(16)20-18;1-10(2,3)8(12)7-9(13)11(4,5)6;/h5-8,10-11H,1-4H3;7,12H,1-6H3;/q-1;;/b;8-7-;. The summed E-state index contributed by atoms with van der Waals surface area (Å²) in [6.45, 7) is 19.6. The van der Waals surface area contributed by atoms with Gasteiger partial charge in [0.25, 0.3) is 0 Å². The van der Waals surface area contributed by atoms with E-state index in [9.17, 15) is 9.90 Å². The molecule has 2 aromatic carbocycles. The average Bonchev–Trinajstić information content (AvgIpc) is 2.66. The number of carbonyl (C=O) groups is 1. The summed E-state index contributed by atoms with van der Waals surface area (Å²) in [6.07, 6.45) is 1.33. The maximum absolute atomic E-state index is 11.5. The summed E-state index contributed by atoms with van der Waals surface area (Å²) >= 11 is 0. The molecule has 0 spiro atoms. The average molecular weight is 637 g/mol. The number of benzene rings is 2. The normalized spacial score (nSPS) is 12.0. The Kier molecular flexibility index (Phi) is 9.99. The molecule has 0 aliphatic carbocycles. The minimum absolute atomic E-state index is 0. The number of aliphatic hydroxyl groups is 1. The van der Waals surface area contributed by atoms with E-state index in [0.717, 1.165) is 22.3 Å². The van der Waals surface area contributed by atoms with Gasteiger partial charge >= 0.3 is 0 Å². The first-order valence-electron chi connectivity index (χ1n) is 11.4. The number of fused-ring (bicyclic) bond motifs is 1. The topological polar surface area (TPSA) is 50.2 Å². The Morgan fingerprint density at radius 3 is 2.00 bits per heavy atom. The predicted molar refractivity (Wildman–Crippen MR) is 140 cm³/mol. The molecule has 0 saturated heterocycles. The quantitative estimate of drug-likeness (QED) is 0.176. The summed E-state index contributed by atoms with van der Waals surface area (Å²) in [7, 11) is 0. The Labute approximate surface area is 219 Å². The van der Waals surface area contributed by atoms with E-state index >= 15 is 0 Å². The second-order valence-corrected chi connectivity index (χ2v) is 11.0. The van der Waals surface area contributed by atoms with Gasteiger partial charge in [-0.25, -0.2) is 0 Å². The van der Waals surface area contributed by atoms with Crippen LogP contribution in [0.4, 0.5) is 0 Å². The maximum Gasteiger partial charge on any atom is 0.164 e. The number of nitrogens with zero attached hydrogens (tertiary/aromatic N) is 1. The van der Waals surface area contributed by atoms with Crippen molar-refractivity contribution in [1.82, 2.24) is 4.98 Å². The van der Waals surface area contributed by atoms with Crippen LogP contribution in [-0.2, 0) is 24.9 Å². The summed E-state index contributed by atoms with van der Waals surface area (Å²) in [5.74, 6) is 0.104. The maximum atomic E-state index is 11.5. The number of hydrogen-bond donors (Lipinski definition) is 1. The molecule has 3 rings (SSSR count). The second-order valence-electron chi connectivity index (χ2n) is 11.0. The Morgan fingerprint density at radius 1 is 0.882 bits per heavy atom. The molecule has 0 aliphatic rings. The summed E-state index contributed by atoms with van der Waals surface area (Å²) in [4.78, 5) is 16.3. The van der Waals surface area contributed by atoms with E-state index in [-0.39, 0.29) is 37.1 Å². The predicted octanol–water partition coefficient (Wildman–Crippen LogP) is 8.02. The first-order chi connectivity index (χ1) is 15.1. The van der Waals surface area contributed by atoms with Crippen molar-refractivity contribution in [3.63, 3.8) is 0 Å². The van der Waals surface area contributed by atoms with Gasteiger partial charge in [-0.15, -0.1) is 34.9 Å². The zero-order chi connectivity index (χ0) is 25.1. The summed E-state index contributed by atoms with van der Waals surface area (Å²) in [6, 6.07) is 16.3. The molecule has 3 aromatic rings. The van der Waals surface area contributed by atoms with Crippen LogP contribution < -0.4 is 0 Å². The van der Waals surface area contributed by atoms with Crippen molar-refractivity contribution in [2.75, 3.05) is 0 Å². The van der Waals surface area contributed by atoms with E-state index in [1.165, 1.54) is 28.2 Å². The summed E-state index contributed by atoms with van der Waals surface area (Å²) < 4.78 is 0. The molecule has 0 atom stereocenters. The van der Waals surface area contributed by atoms with Crippen LogP contribution in [0.1, 0.15) is 63.8 Å². The Bertz CT molecular complexity index is 1170. The Balaban J connectivity index is 0.000000364. The minimum Gasteiger partial charge on any atom is -0.512 e. The Morgan fingerprint density at radius 2 is 1.47 bits per heavy atom. The molecule has 1 N–H and O–H groups in total. The van der Waals surface area contributed by atoms with E-state index in [2.05, 4.69) is 70.2 Å². The van der Waals surface area contributed by atoms with Crippen molar-refractivity contribution >= 4 is 16.7 Å². The third-order valence-corrected chi connectivity index (χ3v) is 5.50. The van der Waals surface area contributed by atoms with Crippen molar-refractivity contribution in [3.8, 4) is 11.3 Å². The van der Waals surface area contributed by atoms with E-state index in [1.807, 2.05) is 41.5 Å². The van der Waals surface area contributed by atoms with E-state index < -0.39 is 5.41 Å². The number of allylic oxidation sites excluding steroid dienone is 2. The molecular formula is C30H38IrNO2-. The van der Waals surface area contributed by atoms with Gasteiger partial charge in [-0.3, -0.25) is 9.78 Å². The molecule has 185 valence electrons. The van der Waals surface area contributed by atoms with E-state index in [0.29, 0.717) is 0 Å². The number of rotatable bonds is 2. The molecule has 0 aliphatic heterocycles. The number of carbonyl (C=O) groups excluding carboxylic acids is 1. The number of aromatic nitrogens is 1. The van der Waals surface area contributed by atoms with Crippen LogP contribution in [0, 0.1) is 44.6 Å². The third kappa shape index (κ3) is 8.18. The van der Waals surface area contributed by atoms with Gasteiger partial charge in [-0.2, -0.15) is 0 Å². The van der Waals surface area contributed by atoms with Crippen LogP contribution in [0.2, 0.25) is 0 Å². The summed E-state index contributed by atoms with van der Waals surface area (Å²) in [5, 5.41) is 10.8. The fourth-order valence-electron chi connectivity index (χ4n) is 3.13. The first-order valence-corrected chi connectivity index (χ1v) is 11.4. The van der Waals surface area contributed by atoms with Crippen molar-refractivity contribution in [1.29, 1.82) is 0 Å². The van der Waals surface area contributed by atoms with Crippen LogP contribution >= 0.6 is 0 Å². The first kappa shape index (κ1) is 29.7. The van der Waals surface area contributed by atoms with Crippen molar-refractivity contribution in [2.45, 2.75) is 69.2 Å². The van der Waals surface area contributed by atoms with Gasteiger partial charge in [0.1, 0.15) is 5.76 Å². The van der Waals surface area contributed by atoms with Crippen LogP contribution in [-0.4, -0.2) is 15.9 Å². The largest absolute Gasteiger partial charge is 0.512 e. The number of pyridine rings is 1. The van der Waals surface area contributed by atoms with Crippen molar-refractivity contribution < 1.29 is 30.0 Å². The monoisotopic (exact) mass is 637 g/mol. The van der Waals surface area contributed by atoms with Gasteiger partial charge in [0.05, 0.1) is 5.52 Å². The zero-order valence-electron chi connectivity index (χ0n) is 22.2. The number of ketones is 1. The van der Waals surface area contributed by atoms with Crippen molar-refractivity contribution in [3.05, 3.63) is 76.6 Å². The number of hydrogen-bond acceptors (Lipinski definition) is 3. The third-order valence-electron chi connectivity index (χ3n) is 5.50. The van der Waals surface area contributed by atoms with Gasteiger partial charge in [0.15, 0.2) is 5.78 Å². The molecule has 1 heterocycles. The van der Waals surface area contributed by atoms with Gasteiger partial charge < -0.3 is 5.11 Å². The molecule has 0 fully saturated rings. The molecular weight excluding hydrogens is 599 g/mol. The van der Waals surface area contributed by atoms with E-state index in [1.54, 1.807) is 0 Å². The molecule has 3 nitrogen and oxygen atoms in total. The fraction of sp³-hybridized carbons (Fsp3) is 0.400. The van der Waals surface area contributed by atoms with E-state index in [4.69, 9.17) is 4.98 Å². The molecule has 34 heavy (non-hydrogen) atoms. The minimum atomic E-state index is -0.417. The number of aliphatic hydroxyl groups excluding tert-OH is 1. The van der Waals surface area contributed by atoms with Crippen LogP contribution in [0.3, 0.4) is 0 Å². The number of aryl methyl sites for hydroxylation is 4. The molecule has 0 amide bonds. The molecule has 1 aromatic heterocycles. The van der Waals surface area contributed by atoms with Crippen LogP contribution in [0.5, 0.6) is 0 Å². The van der Waals surface area contributed by atoms with Crippen LogP contribution in [0.25, 0.3) is 22.2 Å². The molecule has 0 saturated carbocycles. The SMILES string of the molecule is CC(C)(C)C(=O)/C=C(\O)C(C)(C)C.Cc1[c-]c(-c2ccc3cc(C)c(C)cc3n2)cc(C)c1.[Ir].